The molecule has 0 bridgehead atoms. The molecule has 26 heavy (non-hydrogen) atoms. The van der Waals surface area contributed by atoms with Crippen molar-refractivity contribution >= 4 is 27.5 Å². The summed E-state index contributed by atoms with van der Waals surface area (Å²) in [7, 11) is -3.89. The van der Waals surface area contributed by atoms with Crippen LogP contribution in [0.15, 0.2) is 89.8 Å². The number of urea groups is 1. The lowest BCUT2D eigenvalue weighted by molar-refractivity contribution is 0.262. The number of nitrogens with one attached hydrogen (secondary N) is 2. The zero-order valence-electron chi connectivity index (χ0n) is 13.6. The zero-order valence-corrected chi connectivity index (χ0v) is 14.4. The summed E-state index contributed by atoms with van der Waals surface area (Å²) >= 11 is 0. The number of benzene rings is 3. The van der Waals surface area contributed by atoms with Gasteiger partial charge in [0.2, 0.25) is 0 Å². The van der Waals surface area contributed by atoms with E-state index < -0.39 is 16.1 Å². The summed E-state index contributed by atoms with van der Waals surface area (Å²) in [6, 6.07) is 22.5. The molecule has 3 aromatic rings. The summed E-state index contributed by atoms with van der Waals surface area (Å²) < 4.78 is 29.4. The number of carbonyl (C=O) groups excluding carboxylic acids is 1. The van der Waals surface area contributed by atoms with Gasteiger partial charge in [-0.25, -0.2) is 4.79 Å². The molecule has 0 aliphatic carbocycles. The van der Waals surface area contributed by atoms with E-state index in [1.165, 1.54) is 24.3 Å². The molecule has 0 heterocycles. The molecular formula is C19H16N2O4S. The van der Waals surface area contributed by atoms with Gasteiger partial charge in [-0.1, -0.05) is 36.4 Å². The summed E-state index contributed by atoms with van der Waals surface area (Å²) in [5, 5.41) is 5.34. The van der Waals surface area contributed by atoms with Gasteiger partial charge in [-0.05, 0) is 48.5 Å². The molecule has 132 valence electrons. The minimum atomic E-state index is -3.89. The monoisotopic (exact) mass is 368 g/mol. The van der Waals surface area contributed by atoms with Crippen molar-refractivity contribution in [3.05, 3.63) is 84.9 Å². The highest BCUT2D eigenvalue weighted by Gasteiger charge is 2.15. The molecule has 0 atom stereocenters. The maximum atomic E-state index is 12.2. The van der Waals surface area contributed by atoms with E-state index in [1.807, 2.05) is 18.2 Å². The fourth-order valence-corrected chi connectivity index (χ4v) is 3.12. The van der Waals surface area contributed by atoms with E-state index in [4.69, 9.17) is 4.18 Å². The Labute approximate surface area is 151 Å². The van der Waals surface area contributed by atoms with E-state index >= 15 is 0 Å². The van der Waals surface area contributed by atoms with Crippen LogP contribution in [0.25, 0.3) is 0 Å². The van der Waals surface area contributed by atoms with Gasteiger partial charge in [0.25, 0.3) is 0 Å². The van der Waals surface area contributed by atoms with Crippen LogP contribution in [-0.2, 0) is 10.1 Å². The largest absolute Gasteiger partial charge is 0.379 e. The molecule has 0 radical (unpaired) electrons. The maximum absolute atomic E-state index is 12.2. The van der Waals surface area contributed by atoms with Crippen molar-refractivity contribution in [3.8, 4) is 5.75 Å². The first-order valence-corrected chi connectivity index (χ1v) is 9.16. The van der Waals surface area contributed by atoms with Crippen LogP contribution in [0.4, 0.5) is 16.2 Å². The summed E-state index contributed by atoms with van der Waals surface area (Å²) in [4.78, 5) is 12.0. The Morgan fingerprint density at radius 1 is 0.692 bits per heavy atom. The normalized spacial score (nSPS) is 10.8. The van der Waals surface area contributed by atoms with E-state index in [0.29, 0.717) is 11.4 Å². The fraction of sp³-hybridized carbons (Fsp3) is 0. The maximum Gasteiger partial charge on any atom is 0.339 e. The number of hydrogen-bond acceptors (Lipinski definition) is 4. The van der Waals surface area contributed by atoms with Gasteiger partial charge in [0.15, 0.2) is 0 Å². The van der Waals surface area contributed by atoms with Crippen LogP contribution in [0.1, 0.15) is 0 Å². The quantitative estimate of drug-likeness (QED) is 0.664. The van der Waals surface area contributed by atoms with Crippen molar-refractivity contribution < 1.29 is 17.4 Å². The van der Waals surface area contributed by atoms with Gasteiger partial charge in [0.1, 0.15) is 10.6 Å². The second-order valence-corrected chi connectivity index (χ2v) is 6.87. The van der Waals surface area contributed by atoms with Crippen LogP contribution in [-0.4, -0.2) is 14.4 Å². The Hall–Kier alpha value is -3.32. The van der Waals surface area contributed by atoms with Crippen molar-refractivity contribution in [2.75, 3.05) is 10.6 Å². The third-order valence-electron chi connectivity index (χ3n) is 3.38. The SMILES string of the molecule is O=C(Nc1ccccc1)Nc1ccc(OS(=O)(=O)c2ccccc2)cc1. The van der Waals surface area contributed by atoms with Gasteiger partial charge in [0.05, 0.1) is 0 Å². The van der Waals surface area contributed by atoms with Crippen LogP contribution >= 0.6 is 0 Å². The van der Waals surface area contributed by atoms with E-state index in [-0.39, 0.29) is 10.6 Å². The number of anilines is 2. The third kappa shape index (κ3) is 4.61. The minimum Gasteiger partial charge on any atom is -0.379 e. The van der Waals surface area contributed by atoms with E-state index in [1.54, 1.807) is 42.5 Å². The summed E-state index contributed by atoms with van der Waals surface area (Å²) in [6.07, 6.45) is 0. The van der Waals surface area contributed by atoms with Crippen LogP contribution in [0.5, 0.6) is 5.75 Å². The lowest BCUT2D eigenvalue weighted by atomic mass is 10.3. The van der Waals surface area contributed by atoms with Crippen LogP contribution < -0.4 is 14.8 Å². The molecule has 0 aliphatic heterocycles. The smallest absolute Gasteiger partial charge is 0.339 e. The van der Waals surface area contributed by atoms with E-state index in [9.17, 15) is 13.2 Å². The average molecular weight is 368 g/mol. The molecule has 7 heteroatoms. The Bertz CT molecular complexity index is 973. The molecule has 0 spiro atoms. The van der Waals surface area contributed by atoms with Gasteiger partial charge in [-0.3, -0.25) is 0 Å². The van der Waals surface area contributed by atoms with Crippen LogP contribution in [0.3, 0.4) is 0 Å². The Morgan fingerprint density at radius 2 is 1.19 bits per heavy atom. The molecule has 3 rings (SSSR count). The highest BCUT2D eigenvalue weighted by atomic mass is 32.2. The molecule has 0 saturated heterocycles. The van der Waals surface area contributed by atoms with Crippen molar-refractivity contribution in [2.24, 2.45) is 0 Å². The topological polar surface area (TPSA) is 84.5 Å². The molecule has 3 aromatic carbocycles. The predicted molar refractivity (Wildman–Crippen MR) is 99.8 cm³/mol. The molecule has 2 amide bonds. The third-order valence-corrected chi connectivity index (χ3v) is 4.64. The fourth-order valence-electron chi connectivity index (χ4n) is 2.17. The van der Waals surface area contributed by atoms with Crippen molar-refractivity contribution in [2.45, 2.75) is 4.90 Å². The van der Waals surface area contributed by atoms with E-state index in [0.717, 1.165) is 0 Å². The first-order valence-electron chi connectivity index (χ1n) is 7.76. The Morgan fingerprint density at radius 3 is 1.77 bits per heavy atom. The second-order valence-electron chi connectivity index (χ2n) is 5.32. The predicted octanol–water partition coefficient (Wildman–Crippen LogP) is 4.10. The Kier molecular flexibility index (Phi) is 5.19. The molecule has 0 aliphatic rings. The summed E-state index contributed by atoms with van der Waals surface area (Å²) in [5.74, 6) is 0.155. The van der Waals surface area contributed by atoms with Crippen molar-refractivity contribution in [1.29, 1.82) is 0 Å². The molecule has 2 N–H and O–H groups in total. The van der Waals surface area contributed by atoms with Crippen LogP contribution in [0, 0.1) is 0 Å². The number of hydrogen-bond donors (Lipinski definition) is 2. The van der Waals surface area contributed by atoms with Crippen molar-refractivity contribution in [1.82, 2.24) is 0 Å². The molecule has 0 aromatic heterocycles. The molecule has 0 fully saturated rings. The highest BCUT2D eigenvalue weighted by molar-refractivity contribution is 7.87. The van der Waals surface area contributed by atoms with Gasteiger partial charge in [-0.2, -0.15) is 8.42 Å². The first-order chi connectivity index (χ1) is 12.5. The lowest BCUT2D eigenvalue weighted by Gasteiger charge is -2.09. The number of amides is 2. The minimum absolute atomic E-state index is 0.0736. The molecule has 0 saturated carbocycles. The molecule has 0 unspecified atom stereocenters. The standard InChI is InChI=1S/C19H16N2O4S/c22-19(20-15-7-3-1-4-8-15)21-16-11-13-17(14-12-16)25-26(23,24)18-9-5-2-6-10-18/h1-14H,(H2,20,21,22). The highest BCUT2D eigenvalue weighted by Crippen LogP contribution is 2.21. The van der Waals surface area contributed by atoms with Gasteiger partial charge in [-0.15, -0.1) is 0 Å². The van der Waals surface area contributed by atoms with E-state index in [2.05, 4.69) is 10.6 Å². The van der Waals surface area contributed by atoms with Crippen LogP contribution in [0.2, 0.25) is 0 Å². The lowest BCUT2D eigenvalue weighted by Crippen LogP contribution is -2.19. The zero-order chi connectivity index (χ0) is 18.4. The number of para-hydroxylation sites is 1. The number of carbonyl (C=O) groups is 1. The van der Waals surface area contributed by atoms with Gasteiger partial charge < -0.3 is 14.8 Å². The van der Waals surface area contributed by atoms with Crippen molar-refractivity contribution in [3.63, 3.8) is 0 Å². The van der Waals surface area contributed by atoms with Gasteiger partial charge in [0, 0.05) is 11.4 Å². The summed E-state index contributed by atoms with van der Waals surface area (Å²) in [6.45, 7) is 0. The second kappa shape index (κ2) is 7.71. The number of rotatable bonds is 5. The van der Waals surface area contributed by atoms with Gasteiger partial charge >= 0.3 is 16.1 Å². The molecular weight excluding hydrogens is 352 g/mol. The summed E-state index contributed by atoms with van der Waals surface area (Å²) in [5.41, 5.74) is 1.17. The Balaban J connectivity index is 1.62. The molecule has 6 nitrogen and oxygen atoms in total. The average Bonchev–Trinajstić information content (AvgIpc) is 2.65. The first kappa shape index (κ1) is 17.5.